The number of nitrogens with one attached hydrogen (secondary N) is 1. The Hall–Kier alpha value is -1.62. The fourth-order valence-corrected chi connectivity index (χ4v) is 1.97. The lowest BCUT2D eigenvalue weighted by atomic mass is 10.2. The molecule has 0 fully saturated rings. The number of H-pyrrole nitrogens is 1. The normalized spacial score (nSPS) is 10.6. The van der Waals surface area contributed by atoms with Gasteiger partial charge in [-0.05, 0) is 24.6 Å². The Bertz CT molecular complexity index is 602. The second-order valence-electron chi connectivity index (χ2n) is 4.00. The average molecular weight is 266 g/mol. The molecule has 1 aromatic carbocycles. The van der Waals surface area contributed by atoms with Crippen molar-refractivity contribution in [2.24, 2.45) is 0 Å². The van der Waals surface area contributed by atoms with E-state index in [1.165, 1.54) is 12.1 Å². The molecule has 2 nitrogen and oxygen atoms in total. The molecule has 0 aliphatic heterocycles. The lowest BCUT2D eigenvalue weighted by Gasteiger charge is -2.05. The van der Waals surface area contributed by atoms with Crippen molar-refractivity contribution in [3.63, 3.8) is 0 Å². The van der Waals surface area contributed by atoms with Gasteiger partial charge in [-0.1, -0.05) is 25.6 Å². The van der Waals surface area contributed by atoms with Crippen LogP contribution >= 0.6 is 12.2 Å². The van der Waals surface area contributed by atoms with Crippen molar-refractivity contribution in [3.8, 4) is 11.4 Å². The minimum atomic E-state index is -0.632. The molecule has 0 amide bonds. The minimum Gasteiger partial charge on any atom is -0.343 e. The number of aromatic amines is 1. The number of aryl methyl sites for hydroxylation is 1. The number of hydrogen-bond donors (Lipinski definition) is 1. The highest BCUT2D eigenvalue weighted by Crippen LogP contribution is 2.18. The first-order chi connectivity index (χ1) is 8.58. The van der Waals surface area contributed by atoms with Gasteiger partial charge >= 0.3 is 0 Å². The quantitative estimate of drug-likeness (QED) is 0.849. The van der Waals surface area contributed by atoms with Crippen molar-refractivity contribution in [2.75, 3.05) is 0 Å². The molecule has 2 rings (SSSR count). The number of rotatable bonds is 3. The summed E-state index contributed by atoms with van der Waals surface area (Å²) in [4.78, 5) is 7.14. The van der Waals surface area contributed by atoms with E-state index in [4.69, 9.17) is 12.2 Å². The van der Waals surface area contributed by atoms with E-state index in [2.05, 4.69) is 9.97 Å². The highest BCUT2D eigenvalue weighted by atomic mass is 32.1. The van der Waals surface area contributed by atoms with Crippen molar-refractivity contribution in [1.29, 1.82) is 0 Å². The Balaban J connectivity index is 2.52. The van der Waals surface area contributed by atoms with Crippen LogP contribution in [0.1, 0.15) is 19.0 Å². The lowest BCUT2D eigenvalue weighted by Crippen LogP contribution is -1.97. The zero-order valence-electron chi connectivity index (χ0n) is 9.84. The van der Waals surface area contributed by atoms with Gasteiger partial charge in [-0.15, -0.1) is 0 Å². The summed E-state index contributed by atoms with van der Waals surface area (Å²) in [6, 6.07) is 5.05. The maximum Gasteiger partial charge on any atom is 0.139 e. The van der Waals surface area contributed by atoms with Crippen molar-refractivity contribution in [3.05, 3.63) is 46.2 Å². The van der Waals surface area contributed by atoms with Crippen molar-refractivity contribution in [1.82, 2.24) is 9.97 Å². The lowest BCUT2D eigenvalue weighted by molar-refractivity contribution is 0.584. The van der Waals surface area contributed by atoms with Crippen LogP contribution in [0.15, 0.2) is 24.3 Å². The molecule has 1 heterocycles. The van der Waals surface area contributed by atoms with E-state index in [1.807, 2.05) is 6.92 Å². The minimum absolute atomic E-state index is 0.358. The van der Waals surface area contributed by atoms with Crippen LogP contribution in [-0.2, 0) is 6.42 Å². The van der Waals surface area contributed by atoms with Gasteiger partial charge in [0.2, 0.25) is 0 Å². The maximum absolute atomic E-state index is 13.2. The number of nitrogens with zero attached hydrogens (tertiary/aromatic N) is 1. The molecule has 0 unspecified atom stereocenters. The van der Waals surface area contributed by atoms with Gasteiger partial charge in [0.1, 0.15) is 22.1 Å². The fraction of sp³-hybridized carbons (Fsp3) is 0.231. The van der Waals surface area contributed by atoms with Gasteiger partial charge in [-0.25, -0.2) is 13.8 Å². The maximum atomic E-state index is 13.2. The molecule has 1 aromatic heterocycles. The van der Waals surface area contributed by atoms with Crippen molar-refractivity contribution >= 4 is 12.2 Å². The van der Waals surface area contributed by atoms with E-state index in [1.54, 1.807) is 6.07 Å². The summed E-state index contributed by atoms with van der Waals surface area (Å²) in [5.74, 6) is -0.872. The molecular formula is C13H12F2N2S. The van der Waals surface area contributed by atoms with E-state index in [0.717, 1.165) is 24.6 Å². The Morgan fingerprint density at radius 2 is 1.83 bits per heavy atom. The van der Waals surface area contributed by atoms with Gasteiger partial charge in [0.05, 0.1) is 0 Å². The largest absolute Gasteiger partial charge is 0.343 e. The zero-order valence-corrected chi connectivity index (χ0v) is 10.7. The van der Waals surface area contributed by atoms with Crippen LogP contribution in [0.3, 0.4) is 0 Å². The molecule has 5 heteroatoms. The molecule has 0 spiro atoms. The number of hydrogen-bond acceptors (Lipinski definition) is 2. The van der Waals surface area contributed by atoms with Crippen LogP contribution in [0.5, 0.6) is 0 Å². The Kier molecular flexibility index (Phi) is 3.81. The molecule has 18 heavy (non-hydrogen) atoms. The summed E-state index contributed by atoms with van der Waals surface area (Å²) in [5, 5.41) is 0. The highest BCUT2D eigenvalue weighted by Gasteiger charge is 2.06. The predicted octanol–water partition coefficient (Wildman–Crippen LogP) is 4.04. The van der Waals surface area contributed by atoms with Crippen LogP contribution in [0, 0.1) is 16.3 Å². The molecule has 0 aliphatic rings. The monoisotopic (exact) mass is 266 g/mol. The molecule has 0 bridgehead atoms. The first kappa shape index (κ1) is 12.8. The van der Waals surface area contributed by atoms with Crippen LogP contribution in [0.4, 0.5) is 8.78 Å². The molecule has 94 valence electrons. The third-order valence-corrected chi connectivity index (χ3v) is 2.66. The van der Waals surface area contributed by atoms with E-state index >= 15 is 0 Å². The van der Waals surface area contributed by atoms with Crippen molar-refractivity contribution < 1.29 is 8.78 Å². The second kappa shape index (κ2) is 5.35. The predicted molar refractivity (Wildman–Crippen MR) is 68.8 cm³/mol. The van der Waals surface area contributed by atoms with E-state index in [0.29, 0.717) is 16.0 Å². The summed E-state index contributed by atoms with van der Waals surface area (Å²) in [6.07, 6.45) is 1.77. The summed E-state index contributed by atoms with van der Waals surface area (Å²) >= 11 is 5.05. The fourth-order valence-electron chi connectivity index (χ4n) is 1.74. The third-order valence-electron chi connectivity index (χ3n) is 2.45. The molecule has 0 saturated heterocycles. The summed E-state index contributed by atoms with van der Waals surface area (Å²) in [5.41, 5.74) is 1.27. The molecule has 2 aromatic rings. The smallest absolute Gasteiger partial charge is 0.139 e. The van der Waals surface area contributed by atoms with Gasteiger partial charge in [-0.2, -0.15) is 0 Å². The summed E-state index contributed by atoms with van der Waals surface area (Å²) in [6.45, 7) is 2.04. The first-order valence-corrected chi connectivity index (χ1v) is 6.06. The molecule has 0 saturated carbocycles. The second-order valence-corrected chi connectivity index (χ2v) is 4.42. The van der Waals surface area contributed by atoms with Crippen LogP contribution in [0.2, 0.25) is 0 Å². The first-order valence-electron chi connectivity index (χ1n) is 5.65. The van der Waals surface area contributed by atoms with E-state index in [-0.39, 0.29) is 0 Å². The third kappa shape index (κ3) is 2.98. The Labute approximate surface area is 109 Å². The summed E-state index contributed by atoms with van der Waals surface area (Å²) < 4.78 is 26.7. The summed E-state index contributed by atoms with van der Waals surface area (Å²) in [7, 11) is 0. The zero-order chi connectivity index (χ0) is 13.1. The topological polar surface area (TPSA) is 28.7 Å². The number of aromatic nitrogens is 2. The van der Waals surface area contributed by atoms with Crippen LogP contribution in [-0.4, -0.2) is 9.97 Å². The Morgan fingerprint density at radius 1 is 1.17 bits per heavy atom. The Morgan fingerprint density at radius 3 is 2.44 bits per heavy atom. The van der Waals surface area contributed by atoms with Crippen molar-refractivity contribution in [2.45, 2.75) is 19.8 Å². The van der Waals surface area contributed by atoms with Gasteiger partial charge in [0.15, 0.2) is 0 Å². The standard InChI is InChI=1S/C13H12F2N2S/c1-2-3-11-7-12(18)17-13(16-11)8-4-9(14)6-10(15)5-8/h4-7H,2-3H2,1H3,(H,16,17,18). The van der Waals surface area contributed by atoms with E-state index < -0.39 is 11.6 Å². The number of benzene rings is 1. The molecule has 0 aliphatic carbocycles. The van der Waals surface area contributed by atoms with Crippen LogP contribution in [0.25, 0.3) is 11.4 Å². The molecule has 0 radical (unpaired) electrons. The van der Waals surface area contributed by atoms with Gasteiger partial charge in [0.25, 0.3) is 0 Å². The van der Waals surface area contributed by atoms with Gasteiger partial charge in [0, 0.05) is 17.3 Å². The SMILES string of the molecule is CCCc1cc(=S)nc(-c2cc(F)cc(F)c2)[nH]1. The van der Waals surface area contributed by atoms with Gasteiger partial charge < -0.3 is 4.98 Å². The van der Waals surface area contributed by atoms with Crippen LogP contribution < -0.4 is 0 Å². The number of halogens is 2. The van der Waals surface area contributed by atoms with Gasteiger partial charge in [-0.3, -0.25) is 0 Å². The van der Waals surface area contributed by atoms with E-state index in [9.17, 15) is 8.78 Å². The molecular weight excluding hydrogens is 254 g/mol. The average Bonchev–Trinajstić information content (AvgIpc) is 2.27. The highest BCUT2D eigenvalue weighted by molar-refractivity contribution is 7.71. The molecule has 0 atom stereocenters. The molecule has 1 N–H and O–H groups in total.